The second kappa shape index (κ2) is 3.66. The Hall–Kier alpha value is -1.35. The molecule has 0 saturated heterocycles. The average molecular weight is 204 g/mol. The Morgan fingerprint density at radius 3 is 2.80 bits per heavy atom. The van der Waals surface area contributed by atoms with E-state index >= 15 is 0 Å². The maximum Gasteiger partial charge on any atom is 0.137 e. The molecule has 1 N–H and O–H groups in total. The number of aromatic nitrogens is 2. The van der Waals surface area contributed by atoms with E-state index in [-0.39, 0.29) is 6.61 Å². The Morgan fingerprint density at radius 1 is 1.47 bits per heavy atom. The monoisotopic (exact) mass is 204 g/mol. The fourth-order valence-electron chi connectivity index (χ4n) is 1.84. The summed E-state index contributed by atoms with van der Waals surface area (Å²) < 4.78 is 1.96. The highest BCUT2D eigenvalue weighted by Gasteiger charge is 2.13. The molecule has 0 aliphatic heterocycles. The molecule has 3 nitrogen and oxygen atoms in total. The minimum atomic E-state index is 0.0394. The molecular formula is C12H16N2O. The molecule has 15 heavy (non-hydrogen) atoms. The van der Waals surface area contributed by atoms with E-state index in [1.165, 1.54) is 5.56 Å². The summed E-state index contributed by atoms with van der Waals surface area (Å²) in [6, 6.07) is 4.06. The fraction of sp³-hybridized carbons (Fsp3) is 0.417. The molecule has 0 fully saturated rings. The van der Waals surface area contributed by atoms with Crippen LogP contribution in [0.5, 0.6) is 0 Å². The van der Waals surface area contributed by atoms with Gasteiger partial charge in [-0.2, -0.15) is 0 Å². The van der Waals surface area contributed by atoms with Gasteiger partial charge in [0.1, 0.15) is 5.65 Å². The van der Waals surface area contributed by atoms with Crippen molar-refractivity contribution in [1.82, 2.24) is 9.38 Å². The number of rotatable bonds is 2. The van der Waals surface area contributed by atoms with Crippen molar-refractivity contribution in [2.24, 2.45) is 0 Å². The highest BCUT2D eigenvalue weighted by Crippen LogP contribution is 2.21. The largest absolute Gasteiger partial charge is 0.390 e. The van der Waals surface area contributed by atoms with Crippen LogP contribution in [0.3, 0.4) is 0 Å². The van der Waals surface area contributed by atoms with Gasteiger partial charge in [0.2, 0.25) is 0 Å². The van der Waals surface area contributed by atoms with Crippen LogP contribution in [0.4, 0.5) is 0 Å². The zero-order valence-corrected chi connectivity index (χ0v) is 9.36. The van der Waals surface area contributed by atoms with Gasteiger partial charge in [-0.3, -0.25) is 0 Å². The van der Waals surface area contributed by atoms with Crippen molar-refractivity contribution in [3.8, 4) is 0 Å². The lowest BCUT2D eigenvalue weighted by Crippen LogP contribution is -1.97. The molecule has 0 atom stereocenters. The third kappa shape index (κ3) is 1.63. The molecule has 2 rings (SSSR count). The first-order chi connectivity index (χ1) is 7.13. The van der Waals surface area contributed by atoms with Crippen LogP contribution in [-0.4, -0.2) is 14.5 Å². The number of aryl methyl sites for hydroxylation is 1. The first kappa shape index (κ1) is 10.2. The molecule has 0 unspecified atom stereocenters. The van der Waals surface area contributed by atoms with Gasteiger partial charge >= 0.3 is 0 Å². The molecule has 0 aliphatic carbocycles. The Labute approximate surface area is 89.4 Å². The quantitative estimate of drug-likeness (QED) is 0.814. The molecule has 3 heteroatoms. The number of fused-ring (bicyclic) bond motifs is 1. The molecule has 0 amide bonds. The maximum atomic E-state index is 9.36. The predicted octanol–water partition coefficient (Wildman–Crippen LogP) is 2.26. The SMILES string of the molecule is Cc1ccn2c(CO)c(C(C)C)nc2c1. The van der Waals surface area contributed by atoms with Crippen molar-refractivity contribution in [3.63, 3.8) is 0 Å². The molecule has 80 valence electrons. The zero-order valence-electron chi connectivity index (χ0n) is 9.36. The standard InChI is InChI=1S/C12H16N2O/c1-8(2)12-10(7-15)14-5-4-9(3)6-11(14)13-12/h4-6,8,15H,7H2,1-3H3. The second-order valence-corrected chi connectivity index (χ2v) is 4.19. The van der Waals surface area contributed by atoms with Crippen molar-refractivity contribution in [2.75, 3.05) is 0 Å². The van der Waals surface area contributed by atoms with Crippen LogP contribution in [0, 0.1) is 6.92 Å². The normalized spacial score (nSPS) is 11.5. The number of imidazole rings is 1. The highest BCUT2D eigenvalue weighted by molar-refractivity contribution is 5.46. The number of pyridine rings is 1. The van der Waals surface area contributed by atoms with E-state index in [0.29, 0.717) is 5.92 Å². The van der Waals surface area contributed by atoms with Crippen LogP contribution in [-0.2, 0) is 6.61 Å². The molecule has 2 heterocycles. The summed E-state index contributed by atoms with van der Waals surface area (Å²) in [7, 11) is 0. The Morgan fingerprint density at radius 2 is 2.20 bits per heavy atom. The lowest BCUT2D eigenvalue weighted by Gasteiger charge is -2.03. The molecule has 0 aliphatic rings. The van der Waals surface area contributed by atoms with E-state index in [1.807, 2.05) is 29.7 Å². The van der Waals surface area contributed by atoms with Crippen LogP contribution in [0.25, 0.3) is 5.65 Å². The van der Waals surface area contributed by atoms with Gasteiger partial charge in [-0.15, -0.1) is 0 Å². The highest BCUT2D eigenvalue weighted by atomic mass is 16.3. The van der Waals surface area contributed by atoms with Gasteiger partial charge in [-0.25, -0.2) is 4.98 Å². The minimum absolute atomic E-state index is 0.0394. The van der Waals surface area contributed by atoms with Gasteiger partial charge in [0.25, 0.3) is 0 Å². The first-order valence-corrected chi connectivity index (χ1v) is 5.22. The zero-order chi connectivity index (χ0) is 11.0. The molecule has 0 saturated carbocycles. The van der Waals surface area contributed by atoms with Crippen molar-refractivity contribution >= 4 is 5.65 Å². The van der Waals surface area contributed by atoms with E-state index in [0.717, 1.165) is 17.0 Å². The van der Waals surface area contributed by atoms with Gasteiger partial charge in [-0.05, 0) is 30.5 Å². The van der Waals surface area contributed by atoms with Crippen LogP contribution in [0.1, 0.15) is 36.7 Å². The van der Waals surface area contributed by atoms with Gasteiger partial charge in [0, 0.05) is 6.20 Å². The van der Waals surface area contributed by atoms with Crippen molar-refractivity contribution in [3.05, 3.63) is 35.3 Å². The van der Waals surface area contributed by atoms with Gasteiger partial charge in [-0.1, -0.05) is 13.8 Å². The lowest BCUT2D eigenvalue weighted by atomic mass is 10.1. The Kier molecular flexibility index (Phi) is 2.49. The summed E-state index contributed by atoms with van der Waals surface area (Å²) in [5, 5.41) is 9.36. The molecule has 0 spiro atoms. The number of aliphatic hydroxyl groups is 1. The first-order valence-electron chi connectivity index (χ1n) is 5.22. The lowest BCUT2D eigenvalue weighted by molar-refractivity contribution is 0.274. The minimum Gasteiger partial charge on any atom is -0.390 e. The number of hydrogen-bond acceptors (Lipinski definition) is 2. The molecule has 0 radical (unpaired) electrons. The van der Waals surface area contributed by atoms with Crippen LogP contribution in [0.2, 0.25) is 0 Å². The molecular weight excluding hydrogens is 188 g/mol. The smallest absolute Gasteiger partial charge is 0.137 e. The summed E-state index contributed by atoms with van der Waals surface area (Å²) >= 11 is 0. The number of nitrogens with zero attached hydrogens (tertiary/aromatic N) is 2. The van der Waals surface area contributed by atoms with E-state index in [9.17, 15) is 5.11 Å². The summed E-state index contributed by atoms with van der Waals surface area (Å²) in [5.74, 6) is 0.340. The number of aliphatic hydroxyl groups excluding tert-OH is 1. The summed E-state index contributed by atoms with van der Waals surface area (Å²) in [6.07, 6.45) is 1.97. The summed E-state index contributed by atoms with van der Waals surface area (Å²) in [4.78, 5) is 4.55. The van der Waals surface area contributed by atoms with E-state index < -0.39 is 0 Å². The van der Waals surface area contributed by atoms with Gasteiger partial charge < -0.3 is 9.51 Å². The van der Waals surface area contributed by atoms with E-state index in [1.54, 1.807) is 0 Å². The average Bonchev–Trinajstić information content (AvgIpc) is 2.55. The van der Waals surface area contributed by atoms with Crippen molar-refractivity contribution < 1.29 is 5.11 Å². The van der Waals surface area contributed by atoms with E-state index in [2.05, 4.69) is 18.8 Å². The molecule has 0 bridgehead atoms. The maximum absolute atomic E-state index is 9.36. The predicted molar refractivity (Wildman–Crippen MR) is 59.9 cm³/mol. The molecule has 0 aromatic carbocycles. The summed E-state index contributed by atoms with van der Waals surface area (Å²) in [5.41, 5.74) is 4.00. The number of hydrogen-bond donors (Lipinski definition) is 1. The van der Waals surface area contributed by atoms with E-state index in [4.69, 9.17) is 0 Å². The fourth-order valence-corrected chi connectivity index (χ4v) is 1.84. The topological polar surface area (TPSA) is 37.5 Å². The van der Waals surface area contributed by atoms with Crippen molar-refractivity contribution in [2.45, 2.75) is 33.3 Å². The Bertz CT molecular complexity index is 486. The summed E-state index contributed by atoms with van der Waals surface area (Å²) in [6.45, 7) is 6.27. The molecule has 2 aromatic rings. The van der Waals surface area contributed by atoms with Crippen molar-refractivity contribution in [1.29, 1.82) is 0 Å². The van der Waals surface area contributed by atoms with Crippen LogP contribution < -0.4 is 0 Å². The molecule has 2 aromatic heterocycles. The van der Waals surface area contributed by atoms with Crippen LogP contribution in [0.15, 0.2) is 18.3 Å². The third-order valence-electron chi connectivity index (χ3n) is 2.61. The third-order valence-corrected chi connectivity index (χ3v) is 2.61. The Balaban J connectivity index is 2.73. The second-order valence-electron chi connectivity index (χ2n) is 4.19. The van der Waals surface area contributed by atoms with Gasteiger partial charge in [0.15, 0.2) is 0 Å². The van der Waals surface area contributed by atoms with Gasteiger partial charge in [0.05, 0.1) is 18.0 Å². The van der Waals surface area contributed by atoms with Crippen LogP contribution >= 0.6 is 0 Å².